The van der Waals surface area contributed by atoms with E-state index in [1.807, 2.05) is 30.3 Å². The summed E-state index contributed by atoms with van der Waals surface area (Å²) in [6.45, 7) is 5.96. The third-order valence-electron chi connectivity index (χ3n) is 3.49. The fourth-order valence-electron chi connectivity index (χ4n) is 2.05. The first-order valence-corrected chi connectivity index (χ1v) is 7.31. The number of aryl methyl sites for hydroxylation is 2. The lowest BCUT2D eigenvalue weighted by Crippen LogP contribution is -2.07. The third-order valence-corrected chi connectivity index (χ3v) is 3.49. The Morgan fingerprint density at radius 3 is 2.43 bits per heavy atom. The number of ether oxygens (including phenoxy) is 2. The summed E-state index contributed by atoms with van der Waals surface area (Å²) < 4.78 is 11.5. The number of para-hydroxylation sites is 1. The van der Waals surface area contributed by atoms with E-state index in [9.17, 15) is 0 Å². The first kappa shape index (κ1) is 15.4. The van der Waals surface area contributed by atoms with Gasteiger partial charge in [-0.25, -0.2) is 0 Å². The van der Waals surface area contributed by atoms with Gasteiger partial charge < -0.3 is 15.2 Å². The predicted molar refractivity (Wildman–Crippen MR) is 85.9 cm³/mol. The van der Waals surface area contributed by atoms with E-state index in [0.717, 1.165) is 23.5 Å². The normalized spacial score (nSPS) is 10.4. The lowest BCUT2D eigenvalue weighted by Gasteiger charge is -2.11. The predicted octanol–water partition coefficient (Wildman–Crippen LogP) is 3.61. The molecule has 0 aromatic heterocycles. The molecule has 2 aromatic rings. The van der Waals surface area contributed by atoms with Crippen LogP contribution >= 0.6 is 0 Å². The van der Waals surface area contributed by atoms with E-state index < -0.39 is 0 Å². The molecule has 0 saturated carbocycles. The average molecular weight is 285 g/mol. The Bertz CT molecular complexity index is 581. The SMILES string of the molecule is Cc1ccc(OCCCOc2ccccc2CN)cc1C. The average Bonchev–Trinajstić information content (AvgIpc) is 2.51. The molecule has 2 aromatic carbocycles. The fraction of sp³-hybridized carbons (Fsp3) is 0.333. The molecule has 3 heteroatoms. The van der Waals surface area contributed by atoms with Gasteiger partial charge in [0, 0.05) is 18.5 Å². The number of benzene rings is 2. The Morgan fingerprint density at radius 2 is 1.67 bits per heavy atom. The molecule has 21 heavy (non-hydrogen) atoms. The van der Waals surface area contributed by atoms with E-state index >= 15 is 0 Å². The lowest BCUT2D eigenvalue weighted by molar-refractivity contribution is 0.246. The van der Waals surface area contributed by atoms with Crippen molar-refractivity contribution in [2.24, 2.45) is 5.73 Å². The van der Waals surface area contributed by atoms with E-state index in [0.29, 0.717) is 19.8 Å². The summed E-state index contributed by atoms with van der Waals surface area (Å²) in [6, 6.07) is 14.0. The van der Waals surface area contributed by atoms with Gasteiger partial charge in [0.2, 0.25) is 0 Å². The summed E-state index contributed by atoms with van der Waals surface area (Å²) in [5, 5.41) is 0. The summed E-state index contributed by atoms with van der Waals surface area (Å²) in [6.07, 6.45) is 0.839. The molecule has 0 aliphatic rings. The van der Waals surface area contributed by atoms with Gasteiger partial charge in [-0.1, -0.05) is 24.3 Å². The molecule has 0 bridgehead atoms. The Labute approximate surface area is 126 Å². The van der Waals surface area contributed by atoms with Crippen molar-refractivity contribution in [1.29, 1.82) is 0 Å². The van der Waals surface area contributed by atoms with Gasteiger partial charge in [-0.2, -0.15) is 0 Å². The topological polar surface area (TPSA) is 44.5 Å². The quantitative estimate of drug-likeness (QED) is 0.790. The van der Waals surface area contributed by atoms with E-state index in [-0.39, 0.29) is 0 Å². The zero-order valence-corrected chi connectivity index (χ0v) is 12.8. The zero-order valence-electron chi connectivity index (χ0n) is 12.8. The van der Waals surface area contributed by atoms with Gasteiger partial charge in [0.1, 0.15) is 11.5 Å². The second-order valence-corrected chi connectivity index (χ2v) is 5.11. The molecular formula is C18H23NO2. The van der Waals surface area contributed by atoms with Crippen LogP contribution in [0.5, 0.6) is 11.5 Å². The number of hydrogen-bond donors (Lipinski definition) is 1. The van der Waals surface area contributed by atoms with Gasteiger partial charge in [-0.3, -0.25) is 0 Å². The van der Waals surface area contributed by atoms with Crippen LogP contribution in [0.1, 0.15) is 23.1 Å². The molecular weight excluding hydrogens is 262 g/mol. The molecule has 0 heterocycles. The molecule has 0 fully saturated rings. The maximum atomic E-state index is 5.75. The molecule has 112 valence electrons. The Kier molecular flexibility index (Phi) is 5.64. The maximum absolute atomic E-state index is 5.75. The van der Waals surface area contributed by atoms with Gasteiger partial charge in [-0.05, 0) is 43.2 Å². The molecule has 0 amide bonds. The van der Waals surface area contributed by atoms with Crippen LogP contribution in [0.15, 0.2) is 42.5 Å². The van der Waals surface area contributed by atoms with Crippen LogP contribution in [-0.4, -0.2) is 13.2 Å². The lowest BCUT2D eigenvalue weighted by atomic mass is 10.1. The van der Waals surface area contributed by atoms with Gasteiger partial charge in [0.05, 0.1) is 13.2 Å². The molecule has 0 atom stereocenters. The first-order chi connectivity index (χ1) is 10.2. The van der Waals surface area contributed by atoms with E-state index in [1.54, 1.807) is 0 Å². The van der Waals surface area contributed by atoms with Crippen LogP contribution in [0.2, 0.25) is 0 Å². The zero-order chi connectivity index (χ0) is 15.1. The highest BCUT2D eigenvalue weighted by Gasteiger charge is 2.01. The molecule has 0 spiro atoms. The summed E-state index contributed by atoms with van der Waals surface area (Å²) in [7, 11) is 0. The van der Waals surface area contributed by atoms with Crippen LogP contribution in [0.25, 0.3) is 0 Å². The van der Waals surface area contributed by atoms with Crippen molar-refractivity contribution in [3.05, 3.63) is 59.2 Å². The Hall–Kier alpha value is -2.00. The molecule has 0 radical (unpaired) electrons. The molecule has 0 unspecified atom stereocenters. The summed E-state index contributed by atoms with van der Waals surface area (Å²) in [5.74, 6) is 1.78. The molecule has 2 rings (SSSR count). The van der Waals surface area contributed by atoms with Crippen molar-refractivity contribution in [2.75, 3.05) is 13.2 Å². The maximum Gasteiger partial charge on any atom is 0.123 e. The first-order valence-electron chi connectivity index (χ1n) is 7.31. The van der Waals surface area contributed by atoms with E-state index in [1.165, 1.54) is 11.1 Å². The summed E-state index contributed by atoms with van der Waals surface area (Å²) in [4.78, 5) is 0. The number of nitrogens with two attached hydrogens (primary N) is 1. The van der Waals surface area contributed by atoms with Crippen molar-refractivity contribution < 1.29 is 9.47 Å². The molecule has 0 aliphatic carbocycles. The highest BCUT2D eigenvalue weighted by molar-refractivity contribution is 5.34. The smallest absolute Gasteiger partial charge is 0.123 e. The van der Waals surface area contributed by atoms with Crippen LogP contribution in [0.4, 0.5) is 0 Å². The van der Waals surface area contributed by atoms with Gasteiger partial charge in [0.15, 0.2) is 0 Å². The van der Waals surface area contributed by atoms with Crippen LogP contribution in [0, 0.1) is 13.8 Å². The van der Waals surface area contributed by atoms with E-state index in [2.05, 4.69) is 26.0 Å². The minimum Gasteiger partial charge on any atom is -0.493 e. The van der Waals surface area contributed by atoms with Crippen molar-refractivity contribution in [3.63, 3.8) is 0 Å². The van der Waals surface area contributed by atoms with Crippen molar-refractivity contribution in [2.45, 2.75) is 26.8 Å². The standard InChI is InChI=1S/C18H23NO2/c1-14-8-9-17(12-15(14)2)20-10-5-11-21-18-7-4-3-6-16(18)13-19/h3-4,6-9,12H,5,10-11,13,19H2,1-2H3. The summed E-state index contributed by atoms with van der Waals surface area (Å²) in [5.41, 5.74) is 9.25. The monoisotopic (exact) mass is 285 g/mol. The Morgan fingerprint density at radius 1 is 0.905 bits per heavy atom. The second kappa shape index (κ2) is 7.70. The Balaban J connectivity index is 1.73. The van der Waals surface area contributed by atoms with Crippen LogP contribution < -0.4 is 15.2 Å². The van der Waals surface area contributed by atoms with Crippen molar-refractivity contribution >= 4 is 0 Å². The van der Waals surface area contributed by atoms with E-state index in [4.69, 9.17) is 15.2 Å². The molecule has 0 aliphatic heterocycles. The van der Waals surface area contributed by atoms with Gasteiger partial charge in [-0.15, -0.1) is 0 Å². The fourth-order valence-corrected chi connectivity index (χ4v) is 2.05. The van der Waals surface area contributed by atoms with Crippen molar-refractivity contribution in [1.82, 2.24) is 0 Å². The summed E-state index contributed by atoms with van der Waals surface area (Å²) >= 11 is 0. The largest absolute Gasteiger partial charge is 0.493 e. The molecule has 2 N–H and O–H groups in total. The molecule has 3 nitrogen and oxygen atoms in total. The number of hydrogen-bond acceptors (Lipinski definition) is 3. The van der Waals surface area contributed by atoms with Crippen LogP contribution in [0.3, 0.4) is 0 Å². The number of rotatable bonds is 7. The van der Waals surface area contributed by atoms with Gasteiger partial charge in [0.25, 0.3) is 0 Å². The van der Waals surface area contributed by atoms with Crippen molar-refractivity contribution in [3.8, 4) is 11.5 Å². The highest BCUT2D eigenvalue weighted by Crippen LogP contribution is 2.18. The molecule has 0 saturated heterocycles. The highest BCUT2D eigenvalue weighted by atomic mass is 16.5. The second-order valence-electron chi connectivity index (χ2n) is 5.11. The minimum absolute atomic E-state index is 0.495. The third kappa shape index (κ3) is 4.50. The van der Waals surface area contributed by atoms with Gasteiger partial charge >= 0.3 is 0 Å². The van der Waals surface area contributed by atoms with Crippen LogP contribution in [-0.2, 0) is 6.54 Å². The minimum atomic E-state index is 0.495.